The minimum atomic E-state index is -1.55. The molecule has 13 unspecified atom stereocenters. The van der Waals surface area contributed by atoms with E-state index < -0.39 is 85.4 Å². The number of aliphatic hydroxyl groups excluding tert-OH is 6. The number of rotatable bonds is 20. The Hall–Kier alpha value is -1.72. The zero-order chi connectivity index (χ0) is 34.7. The summed E-state index contributed by atoms with van der Waals surface area (Å²) >= 11 is 0. The summed E-state index contributed by atoms with van der Waals surface area (Å²) in [5, 5.41) is 70.5. The van der Waals surface area contributed by atoms with Crippen LogP contribution >= 0.6 is 0 Å². The number of cyclic esters (lactones) is 1. The average Bonchev–Trinajstić information content (AvgIpc) is 3.32. The molecule has 3 rings (SSSR count). The van der Waals surface area contributed by atoms with E-state index in [0.29, 0.717) is 12.8 Å². The minimum absolute atomic E-state index is 0.0355. The zero-order valence-electron chi connectivity index (χ0n) is 27.6. The normalized spacial score (nSPS) is 36.8. The van der Waals surface area contributed by atoms with E-state index in [1.807, 2.05) is 6.92 Å². The van der Waals surface area contributed by atoms with Crippen LogP contribution in [0.15, 0.2) is 12.2 Å². The second kappa shape index (κ2) is 19.5. The van der Waals surface area contributed by atoms with Gasteiger partial charge in [-0.05, 0) is 33.1 Å². The van der Waals surface area contributed by atoms with Crippen molar-refractivity contribution in [3.05, 3.63) is 12.2 Å². The van der Waals surface area contributed by atoms with Gasteiger partial charge in [-0.15, -0.1) is 0 Å². The Labute approximate surface area is 276 Å². The second-order valence-electron chi connectivity index (χ2n) is 13.2. The predicted octanol–water partition coefficient (Wildman–Crippen LogP) is 1.30. The molecule has 14 nitrogen and oxygen atoms in total. The van der Waals surface area contributed by atoms with Crippen LogP contribution in [0.1, 0.15) is 97.3 Å². The number of esters is 1. The summed E-state index contributed by atoms with van der Waals surface area (Å²) in [5.74, 6) is -2.59. The average molecular weight is 677 g/mol. The molecule has 0 bridgehead atoms. The molecule has 47 heavy (non-hydrogen) atoms. The van der Waals surface area contributed by atoms with Gasteiger partial charge in [-0.1, -0.05) is 70.8 Å². The van der Waals surface area contributed by atoms with Gasteiger partial charge in [0.05, 0.1) is 18.8 Å². The number of unbranched alkanes of at least 4 members (excludes halogenated alkanes) is 10. The Bertz CT molecular complexity index is 979. The highest BCUT2D eigenvalue weighted by Crippen LogP contribution is 2.31. The van der Waals surface area contributed by atoms with E-state index in [0.717, 1.165) is 70.6 Å². The van der Waals surface area contributed by atoms with Crippen molar-refractivity contribution in [2.45, 2.75) is 171 Å². The summed E-state index contributed by atoms with van der Waals surface area (Å²) < 4.78 is 27.6. The molecule has 0 spiro atoms. The lowest BCUT2D eigenvalue weighted by atomic mass is 9.93. The molecule has 3 saturated heterocycles. The summed E-state index contributed by atoms with van der Waals surface area (Å²) in [5.41, 5.74) is 0.0355. The van der Waals surface area contributed by atoms with Crippen LogP contribution in [0.3, 0.4) is 0 Å². The van der Waals surface area contributed by atoms with E-state index in [4.69, 9.17) is 23.7 Å². The highest BCUT2D eigenvalue weighted by Gasteiger charge is 2.47. The highest BCUT2D eigenvalue weighted by atomic mass is 16.7. The molecule has 3 fully saturated rings. The molecule has 0 saturated carbocycles. The summed E-state index contributed by atoms with van der Waals surface area (Å²) in [4.78, 5) is 23.0. The largest absolute Gasteiger partial charge is 0.481 e. The molecule has 3 heterocycles. The number of carbonyl (C=O) groups is 2. The molecule has 7 N–H and O–H groups in total. The van der Waals surface area contributed by atoms with Gasteiger partial charge in [0.2, 0.25) is 0 Å². The van der Waals surface area contributed by atoms with Gasteiger partial charge in [-0.3, -0.25) is 4.79 Å². The van der Waals surface area contributed by atoms with E-state index in [1.54, 1.807) is 0 Å². The van der Waals surface area contributed by atoms with Crippen molar-refractivity contribution < 1.29 is 69.0 Å². The number of hydrogen-bond donors (Lipinski definition) is 7. The number of aliphatic carboxylic acids is 1. The van der Waals surface area contributed by atoms with Gasteiger partial charge in [-0.2, -0.15) is 0 Å². The van der Waals surface area contributed by atoms with E-state index in [2.05, 4.69) is 6.58 Å². The lowest BCUT2D eigenvalue weighted by molar-refractivity contribution is -0.332. The molecular formula is C33H56O14. The van der Waals surface area contributed by atoms with Gasteiger partial charge >= 0.3 is 11.9 Å². The van der Waals surface area contributed by atoms with Crippen molar-refractivity contribution in [2.75, 3.05) is 6.61 Å². The number of carboxylic acids is 1. The van der Waals surface area contributed by atoms with Gasteiger partial charge in [0.1, 0.15) is 54.7 Å². The third-order valence-corrected chi connectivity index (χ3v) is 9.40. The lowest BCUT2D eigenvalue weighted by Crippen LogP contribution is -2.61. The van der Waals surface area contributed by atoms with Crippen molar-refractivity contribution in [1.82, 2.24) is 0 Å². The molecule has 0 radical (unpaired) electrons. The molecule has 13 atom stereocenters. The molecule has 0 aromatic carbocycles. The van der Waals surface area contributed by atoms with Crippen LogP contribution in [0.25, 0.3) is 0 Å². The molecule has 0 aromatic heterocycles. The van der Waals surface area contributed by atoms with Crippen LogP contribution in [0.5, 0.6) is 0 Å². The van der Waals surface area contributed by atoms with Crippen LogP contribution < -0.4 is 0 Å². The maximum atomic E-state index is 11.6. The number of ether oxygens (including phenoxy) is 5. The fourth-order valence-corrected chi connectivity index (χ4v) is 6.34. The standard InChI is InChI=1S/C33H56O14/c1-18(15-13-11-9-7-5-4-6-8-10-12-14-16-21-23(30(40)41)19(2)31(42)46-21)44-33-29(39)27(37)25(35)22(47-33)17-43-32-28(38)26(36)24(34)20(3)45-32/h18,20-29,32-39H,2,4-17H2,1,3H3,(H,40,41). The van der Waals surface area contributed by atoms with Crippen LogP contribution in [-0.2, 0) is 33.3 Å². The molecule has 14 heteroatoms. The third-order valence-electron chi connectivity index (χ3n) is 9.40. The molecule has 3 aliphatic rings. The summed E-state index contributed by atoms with van der Waals surface area (Å²) in [7, 11) is 0. The zero-order valence-corrected chi connectivity index (χ0v) is 27.6. The van der Waals surface area contributed by atoms with Gasteiger partial charge in [0, 0.05) is 5.57 Å². The first kappa shape index (κ1) is 39.7. The van der Waals surface area contributed by atoms with E-state index in [-0.39, 0.29) is 18.3 Å². The van der Waals surface area contributed by atoms with E-state index in [9.17, 15) is 45.3 Å². The Kier molecular flexibility index (Phi) is 16.4. The van der Waals surface area contributed by atoms with Crippen LogP contribution in [0.2, 0.25) is 0 Å². The third kappa shape index (κ3) is 11.4. The SMILES string of the molecule is C=C1C(=O)OC(CCCCCCCCCCCCCC(C)OC2OC(COC3OC(C)C(O)C(O)C3O)C(O)C(O)C2O)C1C(=O)O. The number of hydrogen-bond acceptors (Lipinski definition) is 13. The highest BCUT2D eigenvalue weighted by molar-refractivity contribution is 5.97. The summed E-state index contributed by atoms with van der Waals surface area (Å²) in [6, 6.07) is 0. The first-order valence-electron chi connectivity index (χ1n) is 17.1. The Balaban J connectivity index is 1.21. The van der Waals surface area contributed by atoms with Crippen molar-refractivity contribution in [1.29, 1.82) is 0 Å². The quantitative estimate of drug-likeness (QED) is 0.0549. The topological polar surface area (TPSA) is 222 Å². The van der Waals surface area contributed by atoms with Gasteiger partial charge in [0.15, 0.2) is 12.6 Å². The smallest absolute Gasteiger partial charge is 0.334 e. The fourth-order valence-electron chi connectivity index (χ4n) is 6.34. The van der Waals surface area contributed by atoms with Crippen LogP contribution in [0.4, 0.5) is 0 Å². The summed E-state index contributed by atoms with van der Waals surface area (Å²) in [6.07, 6.45) is -1.27. The molecule has 3 aliphatic heterocycles. The maximum Gasteiger partial charge on any atom is 0.334 e. The molecule has 0 amide bonds. The molecular weight excluding hydrogens is 620 g/mol. The van der Waals surface area contributed by atoms with Crippen LogP contribution in [-0.4, -0.2) is 128 Å². The summed E-state index contributed by atoms with van der Waals surface area (Å²) in [6.45, 7) is 6.58. The number of carbonyl (C=O) groups excluding carboxylic acids is 1. The minimum Gasteiger partial charge on any atom is -0.481 e. The molecule has 0 aromatic rings. The van der Waals surface area contributed by atoms with Gasteiger partial charge in [0.25, 0.3) is 0 Å². The van der Waals surface area contributed by atoms with Crippen molar-refractivity contribution in [3.8, 4) is 0 Å². The van der Waals surface area contributed by atoms with Crippen LogP contribution in [0, 0.1) is 5.92 Å². The Morgan fingerprint density at radius 3 is 1.87 bits per heavy atom. The van der Waals surface area contributed by atoms with Gasteiger partial charge in [-0.25, -0.2) is 4.79 Å². The van der Waals surface area contributed by atoms with Crippen molar-refractivity contribution >= 4 is 11.9 Å². The lowest BCUT2D eigenvalue weighted by Gasteiger charge is -2.43. The first-order valence-corrected chi connectivity index (χ1v) is 17.1. The Morgan fingerprint density at radius 1 is 0.745 bits per heavy atom. The molecule has 272 valence electrons. The molecule has 0 aliphatic carbocycles. The first-order chi connectivity index (χ1) is 22.3. The maximum absolute atomic E-state index is 11.6. The second-order valence-corrected chi connectivity index (χ2v) is 13.2. The van der Waals surface area contributed by atoms with E-state index in [1.165, 1.54) is 6.92 Å². The monoisotopic (exact) mass is 676 g/mol. The van der Waals surface area contributed by atoms with Crippen molar-refractivity contribution in [3.63, 3.8) is 0 Å². The number of carboxylic acid groups (broad SMARTS) is 1. The van der Waals surface area contributed by atoms with Crippen molar-refractivity contribution in [2.24, 2.45) is 5.92 Å². The number of aliphatic hydroxyl groups is 6. The Morgan fingerprint density at radius 2 is 1.28 bits per heavy atom. The van der Waals surface area contributed by atoms with Gasteiger partial charge < -0.3 is 59.4 Å². The fraction of sp³-hybridized carbons (Fsp3) is 0.879. The van der Waals surface area contributed by atoms with E-state index >= 15 is 0 Å². The predicted molar refractivity (Wildman–Crippen MR) is 166 cm³/mol.